The third-order valence-corrected chi connectivity index (χ3v) is 5.70. The fourth-order valence-corrected chi connectivity index (χ4v) is 3.95. The number of hydrogen-bond acceptors (Lipinski definition) is 5. The van der Waals surface area contributed by atoms with E-state index < -0.39 is 0 Å². The minimum Gasteiger partial charge on any atom is -0.479 e. The second-order valence-corrected chi connectivity index (χ2v) is 7.17. The number of aromatic nitrogens is 3. The zero-order valence-electron chi connectivity index (χ0n) is 14.7. The van der Waals surface area contributed by atoms with Crippen LogP contribution in [0.1, 0.15) is 34.8 Å². The van der Waals surface area contributed by atoms with E-state index in [-0.39, 0.29) is 29.3 Å². The van der Waals surface area contributed by atoms with Crippen molar-refractivity contribution in [3.05, 3.63) is 45.5 Å². The van der Waals surface area contributed by atoms with Crippen LogP contribution in [0.15, 0.2) is 18.3 Å². The fraction of sp³-hybridized carbons (Fsp3) is 0.278. The first-order valence-electron chi connectivity index (χ1n) is 8.38. The van der Waals surface area contributed by atoms with E-state index >= 15 is 0 Å². The van der Waals surface area contributed by atoms with Crippen molar-refractivity contribution in [2.45, 2.75) is 19.4 Å². The van der Waals surface area contributed by atoms with Crippen LogP contribution in [-0.4, -0.2) is 39.4 Å². The van der Waals surface area contributed by atoms with Crippen molar-refractivity contribution in [2.24, 2.45) is 0 Å². The van der Waals surface area contributed by atoms with Gasteiger partial charge in [0.1, 0.15) is 5.69 Å². The van der Waals surface area contributed by atoms with E-state index in [1.807, 2.05) is 13.0 Å². The Bertz CT molecular complexity index is 1070. The lowest BCUT2D eigenvalue weighted by Crippen LogP contribution is -2.39. The van der Waals surface area contributed by atoms with Crippen LogP contribution in [-0.2, 0) is 6.42 Å². The van der Waals surface area contributed by atoms with Crippen molar-refractivity contribution >= 4 is 45.7 Å². The van der Waals surface area contributed by atoms with Gasteiger partial charge in [-0.15, -0.1) is 0 Å². The molecule has 1 unspecified atom stereocenters. The van der Waals surface area contributed by atoms with Gasteiger partial charge in [0.2, 0.25) is 11.7 Å². The molecule has 3 N–H and O–H groups in total. The second-order valence-electron chi connectivity index (χ2n) is 6.38. The first kappa shape index (κ1) is 17.9. The molecule has 1 atom stereocenters. The maximum absolute atomic E-state index is 13.0. The van der Waals surface area contributed by atoms with E-state index in [0.717, 1.165) is 22.2 Å². The Morgan fingerprint density at radius 1 is 1.41 bits per heavy atom. The first-order chi connectivity index (χ1) is 12.9. The van der Waals surface area contributed by atoms with Gasteiger partial charge in [-0.05, 0) is 13.0 Å². The van der Waals surface area contributed by atoms with Crippen LogP contribution < -0.4 is 10.5 Å². The maximum atomic E-state index is 13.0. The number of methoxy groups -OCH3 is 1. The van der Waals surface area contributed by atoms with Crippen LogP contribution in [0, 0.1) is 0 Å². The number of carbonyl (C=O) groups is 1. The number of nitrogen functional groups attached to an aromatic ring is 1. The van der Waals surface area contributed by atoms with Crippen molar-refractivity contribution in [1.29, 1.82) is 0 Å². The molecule has 0 radical (unpaired) electrons. The SMILES string of the molecule is COc1nc(C(=O)N2CCc3[nH]c4c(Cl)c(Cl)ccc4c3C2C)ncc1N. The molecule has 7 nitrogen and oxygen atoms in total. The third-order valence-electron chi connectivity index (χ3n) is 4.90. The third kappa shape index (κ3) is 2.78. The summed E-state index contributed by atoms with van der Waals surface area (Å²) in [6.45, 7) is 2.50. The smallest absolute Gasteiger partial charge is 0.292 e. The number of nitrogens with two attached hydrogens (primary N) is 1. The van der Waals surface area contributed by atoms with Crippen molar-refractivity contribution in [3.63, 3.8) is 0 Å². The van der Waals surface area contributed by atoms with E-state index in [1.54, 1.807) is 11.0 Å². The number of aromatic amines is 1. The molecule has 1 aromatic carbocycles. The predicted octanol–water partition coefficient (Wildman–Crippen LogP) is 3.62. The van der Waals surface area contributed by atoms with Gasteiger partial charge in [-0.2, -0.15) is 4.98 Å². The van der Waals surface area contributed by atoms with Gasteiger partial charge in [0, 0.05) is 29.6 Å². The van der Waals surface area contributed by atoms with E-state index in [1.165, 1.54) is 13.3 Å². The molecule has 4 rings (SSSR count). The number of carbonyl (C=O) groups excluding carboxylic acids is 1. The van der Waals surface area contributed by atoms with Crippen molar-refractivity contribution in [3.8, 4) is 5.88 Å². The number of amides is 1. The van der Waals surface area contributed by atoms with Crippen molar-refractivity contribution in [1.82, 2.24) is 19.9 Å². The van der Waals surface area contributed by atoms with E-state index in [2.05, 4.69) is 15.0 Å². The topological polar surface area (TPSA) is 97.1 Å². The molecule has 1 aliphatic rings. The molecule has 9 heteroatoms. The number of ether oxygens (including phenoxy) is 1. The average Bonchev–Trinajstić information content (AvgIpc) is 3.05. The summed E-state index contributed by atoms with van der Waals surface area (Å²) < 4.78 is 5.10. The predicted molar refractivity (Wildman–Crippen MR) is 104 cm³/mol. The highest BCUT2D eigenvalue weighted by molar-refractivity contribution is 6.45. The highest BCUT2D eigenvalue weighted by atomic mass is 35.5. The quantitative estimate of drug-likeness (QED) is 0.678. The molecule has 3 aromatic rings. The molecule has 1 amide bonds. The number of fused-ring (bicyclic) bond motifs is 3. The number of rotatable bonds is 2. The average molecular weight is 406 g/mol. The lowest BCUT2D eigenvalue weighted by atomic mass is 9.97. The largest absolute Gasteiger partial charge is 0.479 e. The van der Waals surface area contributed by atoms with Crippen LogP contribution in [0.4, 0.5) is 5.69 Å². The maximum Gasteiger partial charge on any atom is 0.292 e. The van der Waals surface area contributed by atoms with Crippen LogP contribution in [0.25, 0.3) is 10.9 Å². The highest BCUT2D eigenvalue weighted by Gasteiger charge is 2.33. The molecular formula is C18H17Cl2N5O2. The molecule has 0 saturated carbocycles. The fourth-order valence-electron chi connectivity index (χ4n) is 3.58. The number of benzene rings is 1. The molecule has 0 aliphatic carbocycles. The standard InChI is InChI=1S/C18H17Cl2N5O2/c1-8-13-9-3-4-10(19)14(20)15(9)23-12(13)5-6-25(8)18(26)16-22-7-11(21)17(24-16)27-2/h3-4,7-8,23H,5-6,21H2,1-2H3. The number of nitrogens with zero attached hydrogens (tertiary/aromatic N) is 3. The molecule has 0 spiro atoms. The Morgan fingerprint density at radius 3 is 2.93 bits per heavy atom. The Labute approximate surface area is 165 Å². The van der Waals surface area contributed by atoms with Gasteiger partial charge < -0.3 is 20.4 Å². The van der Waals surface area contributed by atoms with Gasteiger partial charge in [-0.3, -0.25) is 4.79 Å². The molecule has 1 aliphatic heterocycles. The molecule has 140 valence electrons. The summed E-state index contributed by atoms with van der Waals surface area (Å²) in [5.41, 5.74) is 8.91. The molecule has 3 heterocycles. The molecule has 0 bridgehead atoms. The summed E-state index contributed by atoms with van der Waals surface area (Å²) in [6, 6.07) is 3.51. The highest BCUT2D eigenvalue weighted by Crippen LogP contribution is 2.40. The van der Waals surface area contributed by atoms with Crippen LogP contribution >= 0.6 is 23.2 Å². The summed E-state index contributed by atoms with van der Waals surface area (Å²) in [5.74, 6) is -0.0367. The van der Waals surface area contributed by atoms with Gasteiger partial charge in [0.25, 0.3) is 5.91 Å². The van der Waals surface area contributed by atoms with Gasteiger partial charge >= 0.3 is 0 Å². The first-order valence-corrected chi connectivity index (χ1v) is 9.14. The van der Waals surface area contributed by atoms with Gasteiger partial charge in [0.05, 0.1) is 34.9 Å². The molecule has 0 saturated heterocycles. The minimum absolute atomic E-state index is 0.0530. The van der Waals surface area contributed by atoms with Crippen molar-refractivity contribution in [2.75, 3.05) is 19.4 Å². The van der Waals surface area contributed by atoms with Crippen LogP contribution in [0.3, 0.4) is 0 Å². The molecule has 2 aromatic heterocycles. The molecule has 27 heavy (non-hydrogen) atoms. The van der Waals surface area contributed by atoms with E-state index in [4.69, 9.17) is 33.7 Å². The summed E-state index contributed by atoms with van der Waals surface area (Å²) in [4.78, 5) is 26.3. The van der Waals surface area contributed by atoms with E-state index in [0.29, 0.717) is 23.0 Å². The Kier molecular flexibility index (Phi) is 4.36. The van der Waals surface area contributed by atoms with E-state index in [9.17, 15) is 4.79 Å². The number of nitrogens with one attached hydrogen (secondary N) is 1. The lowest BCUT2D eigenvalue weighted by molar-refractivity contribution is 0.0664. The van der Waals surface area contributed by atoms with Gasteiger partial charge in [0.15, 0.2) is 0 Å². The van der Waals surface area contributed by atoms with Gasteiger partial charge in [-0.25, -0.2) is 4.98 Å². The van der Waals surface area contributed by atoms with Crippen molar-refractivity contribution < 1.29 is 9.53 Å². The number of anilines is 1. The molecule has 0 fully saturated rings. The Hall–Kier alpha value is -2.51. The normalized spacial score (nSPS) is 16.4. The van der Waals surface area contributed by atoms with Gasteiger partial charge in [-0.1, -0.05) is 29.3 Å². The number of H-pyrrole nitrogens is 1. The number of hydrogen-bond donors (Lipinski definition) is 2. The summed E-state index contributed by atoms with van der Waals surface area (Å²) in [7, 11) is 1.45. The van der Waals surface area contributed by atoms with Crippen LogP contribution in [0.5, 0.6) is 5.88 Å². The summed E-state index contributed by atoms with van der Waals surface area (Å²) in [5, 5.41) is 1.94. The zero-order valence-corrected chi connectivity index (χ0v) is 16.2. The van der Waals surface area contributed by atoms with Crippen LogP contribution in [0.2, 0.25) is 10.0 Å². The monoisotopic (exact) mass is 405 g/mol. The summed E-state index contributed by atoms with van der Waals surface area (Å²) >= 11 is 12.5. The Balaban J connectivity index is 1.74. The lowest BCUT2D eigenvalue weighted by Gasteiger charge is -2.33. The second kappa shape index (κ2) is 6.58. The minimum atomic E-state index is -0.277. The zero-order chi connectivity index (χ0) is 19.3. The number of halogens is 2. The summed E-state index contributed by atoms with van der Waals surface area (Å²) in [6.07, 6.45) is 2.05. The molecular weight excluding hydrogens is 389 g/mol. The Morgan fingerprint density at radius 2 is 2.19 bits per heavy atom.